The van der Waals surface area contributed by atoms with E-state index in [0.29, 0.717) is 18.8 Å². The highest BCUT2D eigenvalue weighted by atomic mass is 16.6. The third-order valence-corrected chi connectivity index (χ3v) is 2.74. The van der Waals surface area contributed by atoms with Crippen LogP contribution in [0.5, 0.6) is 0 Å². The Labute approximate surface area is 92.6 Å². The average molecular weight is 226 g/mol. The van der Waals surface area contributed by atoms with E-state index < -0.39 is 10.5 Å². The molecule has 1 aromatic heterocycles. The molecule has 0 amide bonds. The molecule has 0 radical (unpaired) electrons. The second-order valence-electron chi connectivity index (χ2n) is 4.45. The van der Waals surface area contributed by atoms with Crippen molar-refractivity contribution < 1.29 is 14.4 Å². The Morgan fingerprint density at radius 2 is 2.44 bits per heavy atom. The number of hydrogen-bond donors (Lipinski definition) is 1. The summed E-state index contributed by atoms with van der Waals surface area (Å²) in [5.74, 6) is 0.324. The zero-order valence-electron chi connectivity index (χ0n) is 9.05. The van der Waals surface area contributed by atoms with Crippen molar-refractivity contribution in [3.05, 3.63) is 28.0 Å². The fraction of sp³-hybridized carbons (Fsp3) is 0.600. The van der Waals surface area contributed by atoms with E-state index in [1.807, 2.05) is 4.90 Å². The van der Waals surface area contributed by atoms with Gasteiger partial charge in [0.15, 0.2) is 0 Å². The van der Waals surface area contributed by atoms with E-state index in [9.17, 15) is 15.2 Å². The second-order valence-corrected chi connectivity index (χ2v) is 4.45. The molecule has 16 heavy (non-hydrogen) atoms. The lowest BCUT2D eigenvalue weighted by Gasteiger charge is -2.17. The summed E-state index contributed by atoms with van der Waals surface area (Å²) in [4.78, 5) is 11.9. The topological polar surface area (TPSA) is 79.8 Å². The van der Waals surface area contributed by atoms with Gasteiger partial charge in [-0.25, -0.2) is 0 Å². The Kier molecular flexibility index (Phi) is 2.69. The van der Waals surface area contributed by atoms with Crippen LogP contribution in [0.15, 0.2) is 16.5 Å². The van der Waals surface area contributed by atoms with Gasteiger partial charge in [0.2, 0.25) is 0 Å². The van der Waals surface area contributed by atoms with E-state index in [2.05, 4.69) is 0 Å². The number of hydrogen-bond acceptors (Lipinski definition) is 5. The van der Waals surface area contributed by atoms with E-state index in [4.69, 9.17) is 4.42 Å². The molecule has 1 fully saturated rings. The first kappa shape index (κ1) is 11.1. The van der Waals surface area contributed by atoms with Gasteiger partial charge in [0.1, 0.15) is 10.7 Å². The molecule has 88 valence electrons. The Morgan fingerprint density at radius 1 is 1.69 bits per heavy atom. The van der Waals surface area contributed by atoms with E-state index in [0.717, 1.165) is 13.0 Å². The standard InChI is InChI=1S/C10H14N2O4/c1-10(13)4-5-11(7-10)6-8-2-3-9(16-8)12(14)15/h2-3,13H,4-7H2,1H3. The van der Waals surface area contributed by atoms with E-state index in [1.165, 1.54) is 6.07 Å². The van der Waals surface area contributed by atoms with Gasteiger partial charge in [-0.05, 0) is 19.4 Å². The number of aliphatic hydroxyl groups is 1. The molecule has 1 aromatic rings. The van der Waals surface area contributed by atoms with Gasteiger partial charge >= 0.3 is 5.88 Å². The maximum atomic E-state index is 10.4. The molecule has 2 rings (SSSR count). The van der Waals surface area contributed by atoms with Crippen molar-refractivity contribution in [3.63, 3.8) is 0 Å². The minimum absolute atomic E-state index is 0.235. The van der Waals surface area contributed by atoms with Crippen molar-refractivity contribution in [2.24, 2.45) is 0 Å². The maximum Gasteiger partial charge on any atom is 0.433 e. The molecule has 1 unspecified atom stereocenters. The molecular formula is C10H14N2O4. The summed E-state index contributed by atoms with van der Waals surface area (Å²) < 4.78 is 5.05. The molecule has 0 aliphatic carbocycles. The van der Waals surface area contributed by atoms with E-state index in [-0.39, 0.29) is 5.88 Å². The van der Waals surface area contributed by atoms with Gasteiger partial charge < -0.3 is 9.52 Å². The van der Waals surface area contributed by atoms with Crippen LogP contribution in [0.25, 0.3) is 0 Å². The molecule has 0 aromatic carbocycles. The highest BCUT2D eigenvalue weighted by Crippen LogP contribution is 2.23. The van der Waals surface area contributed by atoms with Gasteiger partial charge in [-0.3, -0.25) is 15.0 Å². The fourth-order valence-corrected chi connectivity index (χ4v) is 1.94. The van der Waals surface area contributed by atoms with Gasteiger partial charge in [-0.1, -0.05) is 0 Å². The predicted octanol–water partition coefficient (Wildman–Crippen LogP) is 1.14. The van der Waals surface area contributed by atoms with Gasteiger partial charge in [-0.15, -0.1) is 0 Å². The number of furan rings is 1. The minimum Gasteiger partial charge on any atom is -0.404 e. The molecule has 1 saturated heterocycles. The second kappa shape index (κ2) is 3.88. The Hall–Kier alpha value is -1.40. The Balaban J connectivity index is 1.97. The lowest BCUT2D eigenvalue weighted by molar-refractivity contribution is -0.402. The zero-order chi connectivity index (χ0) is 11.8. The van der Waals surface area contributed by atoms with Crippen molar-refractivity contribution in [2.75, 3.05) is 13.1 Å². The van der Waals surface area contributed by atoms with Crippen LogP contribution < -0.4 is 0 Å². The zero-order valence-corrected chi connectivity index (χ0v) is 9.05. The molecule has 1 aliphatic rings. The first-order chi connectivity index (χ1) is 7.46. The summed E-state index contributed by atoms with van der Waals surface area (Å²) in [5, 5.41) is 20.2. The summed E-state index contributed by atoms with van der Waals surface area (Å²) in [6.07, 6.45) is 0.718. The summed E-state index contributed by atoms with van der Waals surface area (Å²) in [6, 6.07) is 2.95. The van der Waals surface area contributed by atoms with Crippen LogP contribution in [0.2, 0.25) is 0 Å². The molecule has 0 spiro atoms. The van der Waals surface area contributed by atoms with Gasteiger partial charge in [0.25, 0.3) is 0 Å². The number of rotatable bonds is 3. The first-order valence-electron chi connectivity index (χ1n) is 5.14. The lowest BCUT2D eigenvalue weighted by atomic mass is 10.1. The molecule has 1 aliphatic heterocycles. The van der Waals surface area contributed by atoms with Crippen molar-refractivity contribution >= 4 is 5.88 Å². The van der Waals surface area contributed by atoms with Crippen LogP contribution in [0.3, 0.4) is 0 Å². The summed E-state index contributed by atoms with van der Waals surface area (Å²) >= 11 is 0. The van der Waals surface area contributed by atoms with Crippen LogP contribution in [0.4, 0.5) is 5.88 Å². The largest absolute Gasteiger partial charge is 0.433 e. The smallest absolute Gasteiger partial charge is 0.404 e. The fourth-order valence-electron chi connectivity index (χ4n) is 1.94. The molecule has 1 N–H and O–H groups in total. The number of likely N-dealkylation sites (tertiary alicyclic amines) is 1. The molecule has 6 heteroatoms. The maximum absolute atomic E-state index is 10.4. The van der Waals surface area contributed by atoms with Crippen molar-refractivity contribution in [1.82, 2.24) is 4.90 Å². The lowest BCUT2D eigenvalue weighted by Crippen LogP contribution is -2.29. The van der Waals surface area contributed by atoms with Crippen LogP contribution in [0, 0.1) is 10.1 Å². The SMILES string of the molecule is CC1(O)CCN(Cc2ccc([N+](=O)[O-])o2)C1. The molecular weight excluding hydrogens is 212 g/mol. The molecule has 0 saturated carbocycles. The molecule has 6 nitrogen and oxygen atoms in total. The summed E-state index contributed by atoms with van der Waals surface area (Å²) in [5.41, 5.74) is -0.654. The molecule has 2 heterocycles. The number of nitro groups is 1. The van der Waals surface area contributed by atoms with Crippen molar-refractivity contribution in [2.45, 2.75) is 25.5 Å². The quantitative estimate of drug-likeness (QED) is 0.617. The first-order valence-corrected chi connectivity index (χ1v) is 5.14. The summed E-state index contributed by atoms with van der Waals surface area (Å²) in [6.45, 7) is 3.64. The predicted molar refractivity (Wildman–Crippen MR) is 55.9 cm³/mol. The van der Waals surface area contributed by atoms with E-state index >= 15 is 0 Å². The van der Waals surface area contributed by atoms with Gasteiger partial charge in [-0.2, -0.15) is 0 Å². The van der Waals surface area contributed by atoms with Gasteiger partial charge in [0, 0.05) is 13.1 Å². The van der Waals surface area contributed by atoms with Crippen molar-refractivity contribution in [1.29, 1.82) is 0 Å². The van der Waals surface area contributed by atoms with Crippen LogP contribution in [0.1, 0.15) is 19.1 Å². The molecule has 1 atom stereocenters. The van der Waals surface area contributed by atoms with E-state index in [1.54, 1.807) is 13.0 Å². The molecule has 0 bridgehead atoms. The Bertz CT molecular complexity index is 399. The van der Waals surface area contributed by atoms with Crippen LogP contribution >= 0.6 is 0 Å². The highest BCUT2D eigenvalue weighted by Gasteiger charge is 2.31. The van der Waals surface area contributed by atoms with Gasteiger partial charge in [0.05, 0.1) is 18.2 Å². The monoisotopic (exact) mass is 226 g/mol. The average Bonchev–Trinajstić information content (AvgIpc) is 2.73. The highest BCUT2D eigenvalue weighted by molar-refractivity contribution is 5.17. The normalized spacial score (nSPS) is 26.1. The Morgan fingerprint density at radius 3 is 2.94 bits per heavy atom. The number of nitrogens with zero attached hydrogens (tertiary/aromatic N) is 2. The summed E-state index contributed by atoms with van der Waals surface area (Å²) in [7, 11) is 0. The third kappa shape index (κ3) is 2.40. The van der Waals surface area contributed by atoms with Crippen molar-refractivity contribution in [3.8, 4) is 0 Å². The third-order valence-electron chi connectivity index (χ3n) is 2.74. The van der Waals surface area contributed by atoms with Crippen LogP contribution in [-0.4, -0.2) is 33.6 Å². The van der Waals surface area contributed by atoms with Crippen LogP contribution in [-0.2, 0) is 6.54 Å². The number of β-amino-alcohol motifs (C(OH)–C–C–N with tert-alkyl or cyclic N) is 1. The minimum atomic E-state index is -0.654.